The average molecular weight is 418 g/mol. The molecule has 158 valence electrons. The molecule has 4 rings (SSSR count). The summed E-state index contributed by atoms with van der Waals surface area (Å²) < 4.78 is 22.5. The summed E-state index contributed by atoms with van der Waals surface area (Å²) in [5, 5.41) is 10.8. The van der Waals surface area contributed by atoms with Gasteiger partial charge in [0.25, 0.3) is 0 Å². The summed E-state index contributed by atoms with van der Waals surface area (Å²) >= 11 is 0. The topological polar surface area (TPSA) is 78.1 Å². The van der Waals surface area contributed by atoms with Crippen LogP contribution in [0, 0.1) is 6.92 Å². The minimum absolute atomic E-state index is 0.0119. The molecule has 0 unspecified atom stereocenters. The molecule has 6 heteroatoms. The summed E-state index contributed by atoms with van der Waals surface area (Å²) in [5.41, 5.74) is 2.36. The molecule has 0 saturated carbocycles. The van der Waals surface area contributed by atoms with E-state index in [1.165, 1.54) is 7.11 Å². The van der Waals surface area contributed by atoms with E-state index >= 15 is 0 Å². The average Bonchev–Trinajstić information content (AvgIpc) is 2.79. The molecule has 4 aromatic rings. The van der Waals surface area contributed by atoms with Crippen LogP contribution in [-0.2, 0) is 11.3 Å². The predicted molar refractivity (Wildman–Crippen MR) is 118 cm³/mol. The second kappa shape index (κ2) is 8.93. The Bertz CT molecular complexity index is 1260. The van der Waals surface area contributed by atoms with Gasteiger partial charge in [0.1, 0.15) is 12.2 Å². The van der Waals surface area contributed by atoms with E-state index < -0.39 is 11.2 Å². The van der Waals surface area contributed by atoms with Gasteiger partial charge in [-0.25, -0.2) is 0 Å². The molecule has 0 bridgehead atoms. The van der Waals surface area contributed by atoms with E-state index in [1.807, 2.05) is 37.3 Å². The number of hydrogen-bond acceptors (Lipinski definition) is 6. The molecule has 1 aromatic heterocycles. The Hall–Kier alpha value is -3.77. The lowest BCUT2D eigenvalue weighted by Crippen LogP contribution is -2.04. The number of aryl methyl sites for hydroxylation is 1. The van der Waals surface area contributed by atoms with Crippen molar-refractivity contribution in [2.75, 3.05) is 13.9 Å². The van der Waals surface area contributed by atoms with Crippen molar-refractivity contribution in [3.05, 3.63) is 88.1 Å². The van der Waals surface area contributed by atoms with Crippen LogP contribution in [-0.4, -0.2) is 19.0 Å². The van der Waals surface area contributed by atoms with E-state index in [0.29, 0.717) is 34.6 Å². The highest BCUT2D eigenvalue weighted by atomic mass is 16.7. The smallest absolute Gasteiger partial charge is 0.235 e. The van der Waals surface area contributed by atoms with Crippen molar-refractivity contribution in [2.24, 2.45) is 0 Å². The Kier molecular flexibility index (Phi) is 5.91. The summed E-state index contributed by atoms with van der Waals surface area (Å²) in [7, 11) is 1.52. The molecule has 0 radical (unpaired) electrons. The molecule has 0 saturated heterocycles. The van der Waals surface area contributed by atoms with Gasteiger partial charge in [-0.2, -0.15) is 0 Å². The SMILES string of the molecule is COCOc1cc(-c2oc3cc(C)ccc3c(=O)c2O)ccc1OCc1ccccc1. The zero-order chi connectivity index (χ0) is 21.8. The molecule has 6 nitrogen and oxygen atoms in total. The first-order valence-electron chi connectivity index (χ1n) is 9.76. The van der Waals surface area contributed by atoms with E-state index in [9.17, 15) is 9.90 Å². The number of rotatable bonds is 7. The van der Waals surface area contributed by atoms with Gasteiger partial charge in [-0.05, 0) is 48.4 Å². The molecule has 31 heavy (non-hydrogen) atoms. The van der Waals surface area contributed by atoms with Gasteiger partial charge in [0.05, 0.1) is 5.39 Å². The van der Waals surface area contributed by atoms with Crippen LogP contribution in [0.5, 0.6) is 17.2 Å². The molecule has 1 heterocycles. The van der Waals surface area contributed by atoms with Gasteiger partial charge in [-0.15, -0.1) is 0 Å². The predicted octanol–water partition coefficient (Wildman–Crippen LogP) is 5.04. The first-order chi connectivity index (χ1) is 15.1. The third kappa shape index (κ3) is 4.39. The van der Waals surface area contributed by atoms with Crippen molar-refractivity contribution in [2.45, 2.75) is 13.5 Å². The van der Waals surface area contributed by atoms with E-state index in [2.05, 4.69) is 0 Å². The first-order valence-corrected chi connectivity index (χ1v) is 9.76. The second-order valence-corrected chi connectivity index (χ2v) is 7.10. The van der Waals surface area contributed by atoms with Gasteiger partial charge in [0, 0.05) is 12.7 Å². The summed E-state index contributed by atoms with van der Waals surface area (Å²) in [6.07, 6.45) is 0. The van der Waals surface area contributed by atoms with Crippen LogP contribution < -0.4 is 14.9 Å². The normalized spacial score (nSPS) is 10.9. The van der Waals surface area contributed by atoms with Gasteiger partial charge < -0.3 is 23.7 Å². The summed E-state index contributed by atoms with van der Waals surface area (Å²) in [5.74, 6) is 0.525. The van der Waals surface area contributed by atoms with Crippen LogP contribution in [0.15, 0.2) is 75.9 Å². The van der Waals surface area contributed by atoms with Crippen LogP contribution in [0.3, 0.4) is 0 Å². The van der Waals surface area contributed by atoms with Crippen molar-refractivity contribution >= 4 is 11.0 Å². The quantitative estimate of drug-likeness (QED) is 0.424. The largest absolute Gasteiger partial charge is 0.502 e. The highest BCUT2D eigenvalue weighted by Gasteiger charge is 2.18. The monoisotopic (exact) mass is 418 g/mol. The van der Waals surface area contributed by atoms with E-state index in [4.69, 9.17) is 18.6 Å². The van der Waals surface area contributed by atoms with Gasteiger partial charge in [-0.3, -0.25) is 4.79 Å². The molecule has 0 aliphatic rings. The summed E-state index contributed by atoms with van der Waals surface area (Å²) in [6.45, 7) is 2.28. The zero-order valence-corrected chi connectivity index (χ0v) is 17.3. The van der Waals surface area contributed by atoms with Crippen LogP contribution >= 0.6 is 0 Å². The number of ether oxygens (including phenoxy) is 3. The van der Waals surface area contributed by atoms with Crippen LogP contribution in [0.2, 0.25) is 0 Å². The van der Waals surface area contributed by atoms with Crippen LogP contribution in [0.25, 0.3) is 22.3 Å². The Morgan fingerprint density at radius 2 is 1.74 bits per heavy atom. The van der Waals surface area contributed by atoms with Crippen molar-refractivity contribution in [1.29, 1.82) is 0 Å². The lowest BCUT2D eigenvalue weighted by atomic mass is 10.1. The van der Waals surface area contributed by atoms with Crippen LogP contribution in [0.4, 0.5) is 0 Å². The fourth-order valence-electron chi connectivity index (χ4n) is 3.23. The number of benzene rings is 3. The number of fused-ring (bicyclic) bond motifs is 1. The molecular weight excluding hydrogens is 396 g/mol. The fourth-order valence-corrected chi connectivity index (χ4v) is 3.23. The minimum atomic E-state index is -0.486. The Labute approximate surface area is 179 Å². The molecule has 0 atom stereocenters. The van der Waals surface area contributed by atoms with Gasteiger partial charge in [0.2, 0.25) is 11.2 Å². The Morgan fingerprint density at radius 3 is 2.52 bits per heavy atom. The summed E-state index contributed by atoms with van der Waals surface area (Å²) in [6, 6.07) is 20.0. The number of methoxy groups -OCH3 is 1. The van der Waals surface area contributed by atoms with Gasteiger partial charge in [-0.1, -0.05) is 36.4 Å². The maximum atomic E-state index is 12.6. The zero-order valence-electron chi connectivity index (χ0n) is 17.3. The molecule has 0 spiro atoms. The van der Waals surface area contributed by atoms with Crippen molar-refractivity contribution in [3.8, 4) is 28.6 Å². The van der Waals surface area contributed by atoms with E-state index in [1.54, 1.807) is 36.4 Å². The highest BCUT2D eigenvalue weighted by Crippen LogP contribution is 2.37. The molecule has 0 aliphatic heterocycles. The Morgan fingerprint density at radius 1 is 0.935 bits per heavy atom. The Balaban J connectivity index is 1.73. The number of hydrogen-bond donors (Lipinski definition) is 1. The second-order valence-electron chi connectivity index (χ2n) is 7.10. The molecule has 0 fully saturated rings. The summed E-state index contributed by atoms with van der Waals surface area (Å²) in [4.78, 5) is 12.6. The lowest BCUT2D eigenvalue weighted by molar-refractivity contribution is 0.0484. The lowest BCUT2D eigenvalue weighted by Gasteiger charge is -2.14. The van der Waals surface area contributed by atoms with Gasteiger partial charge >= 0.3 is 0 Å². The molecule has 0 aliphatic carbocycles. The van der Waals surface area contributed by atoms with Gasteiger partial charge in [0.15, 0.2) is 24.1 Å². The number of aromatic hydroxyl groups is 1. The molecule has 3 aromatic carbocycles. The maximum Gasteiger partial charge on any atom is 0.235 e. The molecule has 1 N–H and O–H groups in total. The maximum absolute atomic E-state index is 12.6. The molecular formula is C25H22O6. The molecule has 0 amide bonds. The van der Waals surface area contributed by atoms with E-state index in [0.717, 1.165) is 11.1 Å². The highest BCUT2D eigenvalue weighted by molar-refractivity contribution is 5.82. The third-order valence-electron chi connectivity index (χ3n) is 4.80. The van der Waals surface area contributed by atoms with Crippen molar-refractivity contribution in [3.63, 3.8) is 0 Å². The van der Waals surface area contributed by atoms with Crippen LogP contribution in [0.1, 0.15) is 11.1 Å². The fraction of sp³-hybridized carbons (Fsp3) is 0.160. The standard InChI is InChI=1S/C25H22O6/c1-16-8-10-19-21(12-16)31-25(24(27)23(19)26)18-9-11-20(22(13-18)30-15-28-2)29-14-17-6-4-3-5-7-17/h3-13,27H,14-15H2,1-2H3. The van der Waals surface area contributed by atoms with Crippen molar-refractivity contribution in [1.82, 2.24) is 0 Å². The third-order valence-corrected chi connectivity index (χ3v) is 4.80. The minimum Gasteiger partial charge on any atom is -0.502 e. The van der Waals surface area contributed by atoms with Crippen molar-refractivity contribution < 1.29 is 23.7 Å². The van der Waals surface area contributed by atoms with E-state index in [-0.39, 0.29) is 12.6 Å². The first kappa shape index (κ1) is 20.5.